The summed E-state index contributed by atoms with van der Waals surface area (Å²) in [6, 6.07) is 10.0. The Morgan fingerprint density at radius 3 is 2.57 bits per heavy atom. The van der Waals surface area contributed by atoms with Gasteiger partial charge in [0, 0.05) is 17.8 Å². The van der Waals surface area contributed by atoms with Crippen LogP contribution < -0.4 is 4.18 Å². The largest absolute Gasteiger partial charge is 0.375 e. The third-order valence-electron chi connectivity index (χ3n) is 2.99. The third kappa shape index (κ3) is 2.71. The molecule has 0 saturated carbocycles. The van der Waals surface area contributed by atoms with Crippen molar-refractivity contribution in [3.8, 4) is 5.75 Å². The zero-order chi connectivity index (χ0) is 14.9. The third-order valence-corrected chi connectivity index (χ3v) is 4.24. The van der Waals surface area contributed by atoms with E-state index >= 15 is 0 Å². The minimum absolute atomic E-state index is 0.0982. The van der Waals surface area contributed by atoms with Gasteiger partial charge in [-0.1, -0.05) is 17.7 Å². The van der Waals surface area contributed by atoms with Crippen LogP contribution in [0.25, 0.3) is 10.9 Å². The molecule has 3 aromatic rings. The lowest BCUT2D eigenvalue weighted by Gasteiger charge is -2.08. The summed E-state index contributed by atoms with van der Waals surface area (Å²) in [4.78, 5) is 8.22. The van der Waals surface area contributed by atoms with Gasteiger partial charge in [-0.15, -0.1) is 0 Å². The summed E-state index contributed by atoms with van der Waals surface area (Å²) < 4.78 is 29.7. The predicted molar refractivity (Wildman–Crippen MR) is 78.5 cm³/mol. The quantitative estimate of drug-likeness (QED) is 0.696. The Balaban J connectivity index is 2.03. The molecule has 0 fully saturated rings. The van der Waals surface area contributed by atoms with Gasteiger partial charge in [0.25, 0.3) is 0 Å². The SMILES string of the molecule is Cc1ccc(S(=O)(=O)Oc2cncc3cccnc23)cc1. The molecule has 0 bridgehead atoms. The van der Waals surface area contributed by atoms with Crippen LogP contribution in [0.15, 0.2) is 59.9 Å². The molecular formula is C15H12N2O3S. The fourth-order valence-electron chi connectivity index (χ4n) is 1.91. The van der Waals surface area contributed by atoms with E-state index in [9.17, 15) is 8.42 Å². The van der Waals surface area contributed by atoms with Crippen LogP contribution in [-0.4, -0.2) is 18.4 Å². The molecule has 0 aliphatic carbocycles. The smallest absolute Gasteiger partial charge is 0.339 e. The van der Waals surface area contributed by atoms with Crippen molar-refractivity contribution in [1.82, 2.24) is 9.97 Å². The number of rotatable bonds is 3. The molecule has 6 heteroatoms. The zero-order valence-corrected chi connectivity index (χ0v) is 12.0. The molecule has 21 heavy (non-hydrogen) atoms. The number of hydrogen-bond acceptors (Lipinski definition) is 5. The van der Waals surface area contributed by atoms with E-state index in [4.69, 9.17) is 4.18 Å². The standard InChI is InChI=1S/C15H12N2O3S/c1-11-4-6-13(7-5-11)21(18,19)20-14-10-16-9-12-3-2-8-17-15(12)14/h2-10H,1H3. The average Bonchev–Trinajstić information content (AvgIpc) is 2.48. The average molecular weight is 300 g/mol. The topological polar surface area (TPSA) is 69.2 Å². The second-order valence-electron chi connectivity index (χ2n) is 4.56. The first-order valence-electron chi connectivity index (χ1n) is 6.26. The molecule has 0 aliphatic rings. The van der Waals surface area contributed by atoms with E-state index < -0.39 is 10.1 Å². The maximum atomic E-state index is 12.3. The normalized spacial score (nSPS) is 11.5. The van der Waals surface area contributed by atoms with E-state index in [0.717, 1.165) is 5.56 Å². The second-order valence-corrected chi connectivity index (χ2v) is 6.11. The fraction of sp³-hybridized carbons (Fsp3) is 0.0667. The minimum atomic E-state index is -3.90. The summed E-state index contributed by atoms with van der Waals surface area (Å²) in [5, 5.41) is 0.717. The molecule has 0 atom stereocenters. The van der Waals surface area contributed by atoms with Crippen LogP contribution >= 0.6 is 0 Å². The van der Waals surface area contributed by atoms with E-state index in [0.29, 0.717) is 10.9 Å². The molecule has 0 N–H and O–H groups in total. The van der Waals surface area contributed by atoms with E-state index in [-0.39, 0.29) is 10.6 Å². The Morgan fingerprint density at radius 1 is 1.05 bits per heavy atom. The molecule has 2 aromatic heterocycles. The molecule has 106 valence electrons. The van der Waals surface area contributed by atoms with Gasteiger partial charge in [-0.2, -0.15) is 8.42 Å². The van der Waals surface area contributed by atoms with Crippen molar-refractivity contribution >= 4 is 21.0 Å². The monoisotopic (exact) mass is 300 g/mol. The van der Waals surface area contributed by atoms with Gasteiger partial charge >= 0.3 is 10.1 Å². The Bertz CT molecular complexity index is 885. The summed E-state index contributed by atoms with van der Waals surface area (Å²) in [5.74, 6) is 0.119. The van der Waals surface area contributed by atoms with Crippen LogP contribution in [0.1, 0.15) is 5.56 Å². The lowest BCUT2D eigenvalue weighted by Crippen LogP contribution is -2.10. The summed E-state index contributed by atoms with van der Waals surface area (Å²) in [6.07, 6.45) is 4.53. The molecule has 0 unspecified atom stereocenters. The number of aryl methyl sites for hydroxylation is 1. The number of fused-ring (bicyclic) bond motifs is 1. The van der Waals surface area contributed by atoms with Crippen molar-refractivity contribution in [2.75, 3.05) is 0 Å². The highest BCUT2D eigenvalue weighted by molar-refractivity contribution is 7.87. The van der Waals surface area contributed by atoms with Crippen LogP contribution in [0.2, 0.25) is 0 Å². The molecule has 0 amide bonds. The van der Waals surface area contributed by atoms with Gasteiger partial charge in [0.05, 0.1) is 6.20 Å². The summed E-state index contributed by atoms with van der Waals surface area (Å²) in [6.45, 7) is 1.88. The molecule has 0 radical (unpaired) electrons. The van der Waals surface area contributed by atoms with Crippen molar-refractivity contribution in [1.29, 1.82) is 0 Å². The highest BCUT2D eigenvalue weighted by Crippen LogP contribution is 2.25. The number of aromatic nitrogens is 2. The predicted octanol–water partition coefficient (Wildman–Crippen LogP) is 2.71. The number of nitrogens with zero attached hydrogens (tertiary/aromatic N) is 2. The summed E-state index contributed by atoms with van der Waals surface area (Å²) in [7, 11) is -3.90. The zero-order valence-electron chi connectivity index (χ0n) is 11.2. The van der Waals surface area contributed by atoms with Gasteiger partial charge in [-0.25, -0.2) is 0 Å². The molecule has 5 nitrogen and oxygen atoms in total. The maximum Gasteiger partial charge on any atom is 0.339 e. The molecule has 0 saturated heterocycles. The first kappa shape index (κ1) is 13.5. The fourth-order valence-corrected chi connectivity index (χ4v) is 2.83. The highest BCUT2D eigenvalue weighted by atomic mass is 32.2. The number of benzene rings is 1. The van der Waals surface area contributed by atoms with Crippen LogP contribution in [0.4, 0.5) is 0 Å². The molecule has 0 spiro atoms. The number of pyridine rings is 2. The van der Waals surface area contributed by atoms with Crippen molar-refractivity contribution < 1.29 is 12.6 Å². The second kappa shape index (κ2) is 5.14. The van der Waals surface area contributed by atoms with E-state index in [1.54, 1.807) is 36.7 Å². The minimum Gasteiger partial charge on any atom is -0.375 e. The Kier molecular flexibility index (Phi) is 3.31. The Hall–Kier alpha value is -2.47. The van der Waals surface area contributed by atoms with Gasteiger partial charge in [0.2, 0.25) is 0 Å². The van der Waals surface area contributed by atoms with Crippen LogP contribution in [0, 0.1) is 6.92 Å². The van der Waals surface area contributed by atoms with Crippen LogP contribution in [0.5, 0.6) is 5.75 Å². The molecule has 1 aromatic carbocycles. The van der Waals surface area contributed by atoms with Crippen molar-refractivity contribution in [2.24, 2.45) is 0 Å². The van der Waals surface area contributed by atoms with Crippen LogP contribution in [0.3, 0.4) is 0 Å². The summed E-state index contributed by atoms with van der Waals surface area (Å²) >= 11 is 0. The van der Waals surface area contributed by atoms with E-state index in [2.05, 4.69) is 9.97 Å². The van der Waals surface area contributed by atoms with Gasteiger partial charge in [-0.05, 0) is 31.2 Å². The molecule has 2 heterocycles. The van der Waals surface area contributed by atoms with Crippen LogP contribution in [-0.2, 0) is 10.1 Å². The van der Waals surface area contributed by atoms with Crippen molar-refractivity contribution in [3.63, 3.8) is 0 Å². The Labute approximate surface area is 122 Å². The lowest BCUT2D eigenvalue weighted by atomic mass is 10.2. The Morgan fingerprint density at radius 2 is 1.81 bits per heavy atom. The van der Waals surface area contributed by atoms with Gasteiger partial charge in [0.1, 0.15) is 10.4 Å². The van der Waals surface area contributed by atoms with Gasteiger partial charge in [-0.3, -0.25) is 9.97 Å². The first-order chi connectivity index (χ1) is 10.1. The van der Waals surface area contributed by atoms with Gasteiger partial charge in [0.15, 0.2) is 5.75 Å². The molecular weight excluding hydrogens is 288 g/mol. The van der Waals surface area contributed by atoms with E-state index in [1.807, 2.05) is 6.92 Å². The maximum absolute atomic E-state index is 12.3. The first-order valence-corrected chi connectivity index (χ1v) is 7.67. The summed E-state index contributed by atoms with van der Waals surface area (Å²) in [5.41, 5.74) is 1.44. The van der Waals surface area contributed by atoms with Crippen molar-refractivity contribution in [3.05, 3.63) is 60.6 Å². The number of hydrogen-bond donors (Lipinski definition) is 0. The highest BCUT2D eigenvalue weighted by Gasteiger charge is 2.18. The molecule has 0 aliphatic heterocycles. The van der Waals surface area contributed by atoms with E-state index in [1.165, 1.54) is 18.3 Å². The van der Waals surface area contributed by atoms with Crippen molar-refractivity contribution in [2.45, 2.75) is 11.8 Å². The molecule has 3 rings (SSSR count). The van der Waals surface area contributed by atoms with Gasteiger partial charge < -0.3 is 4.18 Å². The lowest BCUT2D eigenvalue weighted by molar-refractivity contribution is 0.487.